The van der Waals surface area contributed by atoms with Gasteiger partial charge in [-0.05, 0) is 6.92 Å². The lowest BCUT2D eigenvalue weighted by molar-refractivity contribution is -0.666. The smallest absolute Gasteiger partial charge is 0.224 e. The number of hydrogen-bond acceptors (Lipinski definition) is 1. The predicted octanol–water partition coefficient (Wildman–Crippen LogP) is -2.11. The lowest BCUT2D eigenvalue weighted by Gasteiger charge is -1.65. The Bertz CT molecular complexity index is 145. The molecule has 0 atom stereocenters. The third-order valence-electron chi connectivity index (χ3n) is 0.790. The Kier molecular flexibility index (Phi) is 3.02. The van der Waals surface area contributed by atoms with Crippen LogP contribution in [0.4, 0.5) is 0 Å². The Morgan fingerprint density at radius 2 is 2.25 bits per heavy atom. The molecule has 1 rings (SSSR count). The predicted molar refractivity (Wildman–Crippen MR) is 30.2 cm³/mol. The molecule has 1 heterocycles. The van der Waals surface area contributed by atoms with E-state index in [-0.39, 0.29) is 12.4 Å². The fourth-order valence-corrected chi connectivity index (χ4v) is 1.13. The normalized spacial score (nSPS) is 8.25. The van der Waals surface area contributed by atoms with E-state index in [4.69, 9.17) is 0 Å². The molecule has 0 saturated heterocycles. The second-order valence-electron chi connectivity index (χ2n) is 1.63. The number of rotatable bonds is 0. The maximum atomic E-state index is 2.10. The summed E-state index contributed by atoms with van der Waals surface area (Å²) in [7, 11) is 2.03. The van der Waals surface area contributed by atoms with Crippen molar-refractivity contribution < 1.29 is 17.0 Å². The van der Waals surface area contributed by atoms with Crippen LogP contribution in [-0.4, -0.2) is 0 Å². The van der Waals surface area contributed by atoms with E-state index in [9.17, 15) is 0 Å². The molecule has 0 unspecified atom stereocenters. The molecule has 8 heavy (non-hydrogen) atoms. The highest BCUT2D eigenvalue weighted by molar-refractivity contribution is 7.09. The van der Waals surface area contributed by atoms with Crippen molar-refractivity contribution in [2.24, 2.45) is 7.05 Å². The number of hydrogen-bond donors (Lipinski definition) is 0. The van der Waals surface area contributed by atoms with Gasteiger partial charge in [-0.1, -0.05) is 11.3 Å². The molecule has 0 aromatic carbocycles. The van der Waals surface area contributed by atoms with Gasteiger partial charge in [-0.25, -0.2) is 0 Å². The van der Waals surface area contributed by atoms with E-state index in [1.165, 1.54) is 4.88 Å². The van der Waals surface area contributed by atoms with Crippen molar-refractivity contribution >= 4 is 11.3 Å². The zero-order valence-electron chi connectivity index (χ0n) is 4.89. The minimum Gasteiger partial charge on any atom is -1.00 e. The van der Waals surface area contributed by atoms with Crippen molar-refractivity contribution in [1.82, 2.24) is 0 Å². The standard InChI is InChI=1S/C5H8NS.ClH/c1-5-3-6(2)4-7-5;/h3-4H,1-2H3;1H/q+1;/p-1. The summed E-state index contributed by atoms with van der Waals surface area (Å²) >= 11 is 1.77. The fraction of sp³-hybridized carbons (Fsp3) is 0.400. The Morgan fingerprint density at radius 3 is 2.38 bits per heavy atom. The van der Waals surface area contributed by atoms with Crippen molar-refractivity contribution in [2.45, 2.75) is 6.92 Å². The molecule has 0 bridgehead atoms. The van der Waals surface area contributed by atoms with Crippen LogP contribution < -0.4 is 17.0 Å². The summed E-state index contributed by atoms with van der Waals surface area (Å²) in [4.78, 5) is 1.36. The third kappa shape index (κ3) is 1.80. The molecule has 0 aliphatic heterocycles. The first-order chi connectivity index (χ1) is 3.29. The van der Waals surface area contributed by atoms with Crippen molar-refractivity contribution in [1.29, 1.82) is 0 Å². The molecule has 0 radical (unpaired) electrons. The number of thiazole rings is 1. The van der Waals surface area contributed by atoms with E-state index in [0.29, 0.717) is 0 Å². The summed E-state index contributed by atoms with van der Waals surface area (Å²) < 4.78 is 2.06. The molecule has 1 aromatic rings. The van der Waals surface area contributed by atoms with Crippen molar-refractivity contribution in [3.63, 3.8) is 0 Å². The highest BCUT2D eigenvalue weighted by Crippen LogP contribution is 1.98. The SMILES string of the molecule is Cc1c[n+](C)cs1.[Cl-]. The average molecular weight is 150 g/mol. The van der Waals surface area contributed by atoms with Crippen molar-refractivity contribution in [3.05, 3.63) is 16.6 Å². The second-order valence-corrected chi connectivity index (χ2v) is 2.72. The quantitative estimate of drug-likeness (QED) is 0.372. The van der Waals surface area contributed by atoms with Crippen LogP contribution in [0.25, 0.3) is 0 Å². The Hall–Kier alpha value is -0.0800. The van der Waals surface area contributed by atoms with E-state index in [1.807, 2.05) is 7.05 Å². The lowest BCUT2D eigenvalue weighted by atomic mass is 10.6. The van der Waals surface area contributed by atoms with Gasteiger partial charge < -0.3 is 12.4 Å². The molecule has 1 aromatic heterocycles. The van der Waals surface area contributed by atoms with Gasteiger partial charge in [-0.3, -0.25) is 0 Å². The molecule has 0 aliphatic carbocycles. The maximum Gasteiger partial charge on any atom is 0.224 e. The Morgan fingerprint density at radius 1 is 1.62 bits per heavy atom. The number of aryl methyl sites for hydroxylation is 2. The highest BCUT2D eigenvalue weighted by Gasteiger charge is 1.91. The van der Waals surface area contributed by atoms with Crippen molar-refractivity contribution in [3.8, 4) is 0 Å². The van der Waals surface area contributed by atoms with E-state index < -0.39 is 0 Å². The number of aromatic nitrogens is 1. The largest absolute Gasteiger partial charge is 1.00 e. The summed E-state index contributed by atoms with van der Waals surface area (Å²) in [6.07, 6.45) is 2.10. The molecule has 0 amide bonds. The first-order valence-corrected chi connectivity index (χ1v) is 3.07. The van der Waals surface area contributed by atoms with E-state index in [2.05, 4.69) is 23.2 Å². The van der Waals surface area contributed by atoms with Crippen LogP contribution in [-0.2, 0) is 7.05 Å². The van der Waals surface area contributed by atoms with Gasteiger partial charge in [0.25, 0.3) is 0 Å². The van der Waals surface area contributed by atoms with Gasteiger partial charge in [0, 0.05) is 0 Å². The highest BCUT2D eigenvalue weighted by atomic mass is 35.5. The Labute approximate surface area is 59.4 Å². The van der Waals surface area contributed by atoms with Crippen LogP contribution in [0, 0.1) is 6.92 Å². The second kappa shape index (κ2) is 3.05. The first kappa shape index (κ1) is 7.92. The van der Waals surface area contributed by atoms with Crippen LogP contribution in [0.15, 0.2) is 11.7 Å². The first-order valence-electron chi connectivity index (χ1n) is 2.19. The lowest BCUT2D eigenvalue weighted by Crippen LogP contribution is -3.00. The number of nitrogens with zero attached hydrogens (tertiary/aromatic N) is 1. The molecular formula is C5H8ClNS. The van der Waals surface area contributed by atoms with Gasteiger partial charge in [0.15, 0.2) is 6.20 Å². The van der Waals surface area contributed by atoms with Crippen LogP contribution >= 0.6 is 11.3 Å². The monoisotopic (exact) mass is 149 g/mol. The summed E-state index contributed by atoms with van der Waals surface area (Å²) in [6, 6.07) is 0. The molecule has 0 aliphatic rings. The molecule has 46 valence electrons. The van der Waals surface area contributed by atoms with E-state index in [0.717, 1.165) is 0 Å². The zero-order chi connectivity index (χ0) is 5.28. The van der Waals surface area contributed by atoms with E-state index >= 15 is 0 Å². The van der Waals surface area contributed by atoms with Gasteiger partial charge in [0.05, 0.1) is 4.88 Å². The number of halogens is 1. The Balaban J connectivity index is 0.000000490. The molecule has 3 heteroatoms. The molecular weight excluding hydrogens is 142 g/mol. The van der Waals surface area contributed by atoms with Gasteiger partial charge in [-0.15, -0.1) is 0 Å². The average Bonchev–Trinajstić information content (AvgIpc) is 1.87. The zero-order valence-corrected chi connectivity index (χ0v) is 6.46. The molecule has 0 spiro atoms. The van der Waals surface area contributed by atoms with Crippen LogP contribution in [0.5, 0.6) is 0 Å². The van der Waals surface area contributed by atoms with Gasteiger partial charge >= 0.3 is 0 Å². The summed E-state index contributed by atoms with van der Waals surface area (Å²) in [5.41, 5.74) is 2.08. The molecule has 0 N–H and O–H groups in total. The van der Waals surface area contributed by atoms with Crippen LogP contribution in [0.3, 0.4) is 0 Å². The minimum absolute atomic E-state index is 0. The van der Waals surface area contributed by atoms with Gasteiger partial charge in [0.2, 0.25) is 5.51 Å². The molecule has 0 fully saturated rings. The summed E-state index contributed by atoms with van der Waals surface area (Å²) in [5.74, 6) is 0. The summed E-state index contributed by atoms with van der Waals surface area (Å²) in [6.45, 7) is 2.10. The summed E-state index contributed by atoms with van der Waals surface area (Å²) in [5, 5.41) is 0. The third-order valence-corrected chi connectivity index (χ3v) is 1.71. The molecule has 0 saturated carbocycles. The fourth-order valence-electron chi connectivity index (χ4n) is 0.514. The van der Waals surface area contributed by atoms with Crippen LogP contribution in [0.1, 0.15) is 4.88 Å². The van der Waals surface area contributed by atoms with E-state index in [1.54, 1.807) is 11.3 Å². The van der Waals surface area contributed by atoms with Crippen molar-refractivity contribution in [2.75, 3.05) is 0 Å². The maximum absolute atomic E-state index is 2.10. The minimum atomic E-state index is 0. The topological polar surface area (TPSA) is 3.88 Å². The van der Waals surface area contributed by atoms with Crippen LogP contribution in [0.2, 0.25) is 0 Å². The van der Waals surface area contributed by atoms with Gasteiger partial charge in [-0.2, -0.15) is 4.57 Å². The van der Waals surface area contributed by atoms with Gasteiger partial charge in [0.1, 0.15) is 7.05 Å². The molecule has 1 nitrogen and oxygen atoms in total.